The molecule has 2 aliphatic rings. The van der Waals surface area contributed by atoms with Gasteiger partial charge in [-0.3, -0.25) is 4.84 Å². The maximum atomic E-state index is 13.1. The molecule has 3 nitrogen and oxygen atoms in total. The van der Waals surface area contributed by atoms with Crippen LogP contribution >= 0.6 is 0 Å². The first-order valence-corrected chi connectivity index (χ1v) is 5.44. The van der Waals surface area contributed by atoms with Gasteiger partial charge in [0.1, 0.15) is 0 Å². The Labute approximate surface area is 103 Å². The van der Waals surface area contributed by atoms with E-state index in [1.165, 1.54) is 25.5 Å². The van der Waals surface area contributed by atoms with Crippen LogP contribution in [0.5, 0.6) is 0 Å². The van der Waals surface area contributed by atoms with Crippen molar-refractivity contribution in [1.82, 2.24) is 5.48 Å². The fraction of sp³-hybridized carbons (Fsp3) is 0.417. The summed E-state index contributed by atoms with van der Waals surface area (Å²) in [7, 11) is 1.38. The minimum absolute atomic E-state index is 0.104. The van der Waals surface area contributed by atoms with E-state index in [2.05, 4.69) is 17.1 Å². The number of allylic oxidation sites excluding steroid dienone is 2. The normalized spacial score (nSPS) is 23.7. The standard InChI is InChI=1S/C12H13F3N2O/c1-3-4-8-9(7-16-10(8)17-18-2)11(5-6-11)12(13,14)15/h3-4,7H,1,5-6H2,2H3,(H,16,17)/b8-4-. The highest BCUT2D eigenvalue weighted by atomic mass is 19.4. The zero-order chi connectivity index (χ0) is 13.4. The summed E-state index contributed by atoms with van der Waals surface area (Å²) in [6, 6.07) is 0. The van der Waals surface area contributed by atoms with Crippen molar-refractivity contribution in [3.63, 3.8) is 0 Å². The molecule has 0 aromatic heterocycles. The summed E-state index contributed by atoms with van der Waals surface area (Å²) in [5, 5.41) is 0. The molecule has 1 aliphatic heterocycles. The Balaban J connectivity index is 2.32. The maximum Gasteiger partial charge on any atom is 0.398 e. The molecule has 2 rings (SSSR count). The second kappa shape index (κ2) is 4.28. The van der Waals surface area contributed by atoms with Gasteiger partial charge in [0.25, 0.3) is 0 Å². The Morgan fingerprint density at radius 3 is 2.61 bits per heavy atom. The number of alkyl halides is 3. The zero-order valence-corrected chi connectivity index (χ0v) is 9.84. The van der Waals surface area contributed by atoms with Crippen LogP contribution in [0.15, 0.2) is 41.1 Å². The van der Waals surface area contributed by atoms with E-state index < -0.39 is 11.6 Å². The number of aliphatic imine (C=N–C) groups is 1. The first-order chi connectivity index (χ1) is 8.46. The first-order valence-electron chi connectivity index (χ1n) is 5.44. The fourth-order valence-electron chi connectivity index (χ4n) is 2.07. The van der Waals surface area contributed by atoms with Crippen LogP contribution in [0.2, 0.25) is 0 Å². The first kappa shape index (κ1) is 12.9. The van der Waals surface area contributed by atoms with Gasteiger partial charge in [0.05, 0.1) is 12.5 Å². The Morgan fingerprint density at radius 1 is 1.50 bits per heavy atom. The SMILES string of the molecule is C=C/C=C1/C(C2(C(F)(F)F)CC2)=CN=C1NOC. The molecule has 1 N–H and O–H groups in total. The van der Waals surface area contributed by atoms with Gasteiger partial charge in [-0.15, -0.1) is 0 Å². The third-order valence-electron chi connectivity index (χ3n) is 3.16. The van der Waals surface area contributed by atoms with E-state index in [4.69, 9.17) is 4.84 Å². The monoisotopic (exact) mass is 258 g/mol. The molecule has 0 spiro atoms. The number of hydroxylamine groups is 1. The Bertz CT molecular complexity index is 456. The predicted octanol–water partition coefficient (Wildman–Crippen LogP) is 2.89. The molecule has 0 atom stereocenters. The van der Waals surface area contributed by atoms with Gasteiger partial charge in [-0.05, 0) is 18.4 Å². The number of hydrogen-bond acceptors (Lipinski definition) is 3. The van der Waals surface area contributed by atoms with Gasteiger partial charge < -0.3 is 0 Å². The van der Waals surface area contributed by atoms with Crippen LogP contribution in [-0.2, 0) is 4.84 Å². The van der Waals surface area contributed by atoms with Crippen molar-refractivity contribution in [1.29, 1.82) is 0 Å². The van der Waals surface area contributed by atoms with E-state index in [-0.39, 0.29) is 24.3 Å². The average molecular weight is 258 g/mol. The largest absolute Gasteiger partial charge is 0.398 e. The van der Waals surface area contributed by atoms with Crippen LogP contribution in [-0.4, -0.2) is 19.1 Å². The van der Waals surface area contributed by atoms with E-state index >= 15 is 0 Å². The lowest BCUT2D eigenvalue weighted by atomic mass is 9.89. The molecule has 0 radical (unpaired) electrons. The lowest BCUT2D eigenvalue weighted by Gasteiger charge is -2.22. The summed E-state index contributed by atoms with van der Waals surface area (Å²) in [5.74, 6) is 0.280. The molecule has 0 saturated heterocycles. The van der Waals surface area contributed by atoms with Crippen molar-refractivity contribution in [2.45, 2.75) is 19.0 Å². The zero-order valence-electron chi connectivity index (χ0n) is 9.84. The van der Waals surface area contributed by atoms with E-state index in [1.807, 2.05) is 0 Å². The smallest absolute Gasteiger partial charge is 0.278 e. The molecule has 98 valence electrons. The fourth-order valence-corrected chi connectivity index (χ4v) is 2.07. The summed E-state index contributed by atoms with van der Waals surface area (Å²) in [4.78, 5) is 8.63. The number of nitrogens with zero attached hydrogens (tertiary/aromatic N) is 1. The van der Waals surface area contributed by atoms with Crippen LogP contribution in [0.1, 0.15) is 12.8 Å². The highest BCUT2D eigenvalue weighted by Gasteiger charge is 2.66. The van der Waals surface area contributed by atoms with Gasteiger partial charge in [-0.2, -0.15) is 13.2 Å². The molecule has 0 aromatic rings. The van der Waals surface area contributed by atoms with Gasteiger partial charge in [0.2, 0.25) is 0 Å². The number of halogens is 3. The summed E-state index contributed by atoms with van der Waals surface area (Å²) in [6.45, 7) is 3.51. The molecular weight excluding hydrogens is 245 g/mol. The highest BCUT2D eigenvalue weighted by molar-refractivity contribution is 6.05. The molecule has 0 aromatic carbocycles. The van der Waals surface area contributed by atoms with E-state index in [1.54, 1.807) is 0 Å². The third kappa shape index (κ3) is 1.86. The van der Waals surface area contributed by atoms with Crippen LogP contribution in [0.4, 0.5) is 13.2 Å². The second-order valence-corrected chi connectivity index (χ2v) is 4.22. The molecule has 0 amide bonds. The quantitative estimate of drug-likeness (QED) is 0.790. The summed E-state index contributed by atoms with van der Waals surface area (Å²) < 4.78 is 39.2. The lowest BCUT2D eigenvalue weighted by Crippen LogP contribution is -2.30. The molecular formula is C12H13F3N2O. The van der Waals surface area contributed by atoms with Crippen molar-refractivity contribution in [3.8, 4) is 0 Å². The van der Waals surface area contributed by atoms with E-state index in [0.29, 0.717) is 5.57 Å². The molecule has 1 aliphatic carbocycles. The molecule has 6 heteroatoms. The van der Waals surface area contributed by atoms with Crippen molar-refractivity contribution in [3.05, 3.63) is 36.1 Å². The van der Waals surface area contributed by atoms with Crippen LogP contribution in [0.25, 0.3) is 0 Å². The molecule has 1 saturated carbocycles. The summed E-state index contributed by atoms with van der Waals surface area (Å²) in [5.41, 5.74) is 1.31. The maximum absolute atomic E-state index is 13.1. The Kier molecular flexibility index (Phi) is 3.06. The highest BCUT2D eigenvalue weighted by Crippen LogP contribution is 2.64. The summed E-state index contributed by atoms with van der Waals surface area (Å²) in [6.07, 6.45) is 0.164. The van der Waals surface area contributed by atoms with Gasteiger partial charge >= 0.3 is 6.18 Å². The topological polar surface area (TPSA) is 33.6 Å². The Hall–Kier alpha value is -1.56. The van der Waals surface area contributed by atoms with Crippen molar-refractivity contribution >= 4 is 5.84 Å². The number of amidine groups is 1. The molecule has 1 heterocycles. The minimum atomic E-state index is -4.25. The van der Waals surface area contributed by atoms with Gasteiger partial charge in [0.15, 0.2) is 5.84 Å². The van der Waals surface area contributed by atoms with Crippen LogP contribution < -0.4 is 5.48 Å². The Morgan fingerprint density at radius 2 is 2.17 bits per heavy atom. The van der Waals surface area contributed by atoms with Gasteiger partial charge in [-0.25, -0.2) is 10.5 Å². The second-order valence-electron chi connectivity index (χ2n) is 4.22. The molecule has 0 unspecified atom stereocenters. The summed E-state index contributed by atoms with van der Waals surface area (Å²) >= 11 is 0. The van der Waals surface area contributed by atoms with Gasteiger partial charge in [-0.1, -0.05) is 18.7 Å². The van der Waals surface area contributed by atoms with Crippen molar-refractivity contribution in [2.24, 2.45) is 10.4 Å². The predicted molar refractivity (Wildman–Crippen MR) is 61.7 cm³/mol. The van der Waals surface area contributed by atoms with Crippen LogP contribution in [0, 0.1) is 5.41 Å². The molecule has 0 bridgehead atoms. The minimum Gasteiger partial charge on any atom is -0.278 e. The van der Waals surface area contributed by atoms with Crippen molar-refractivity contribution in [2.75, 3.05) is 7.11 Å². The molecule has 1 fully saturated rings. The average Bonchev–Trinajstić information content (AvgIpc) is 3.01. The third-order valence-corrected chi connectivity index (χ3v) is 3.16. The number of hydrogen-bond donors (Lipinski definition) is 1. The molecule has 18 heavy (non-hydrogen) atoms. The van der Waals surface area contributed by atoms with E-state index in [9.17, 15) is 13.2 Å². The van der Waals surface area contributed by atoms with Crippen molar-refractivity contribution < 1.29 is 18.0 Å². The van der Waals surface area contributed by atoms with Gasteiger partial charge in [0, 0.05) is 11.8 Å². The number of rotatable bonds is 3. The lowest BCUT2D eigenvalue weighted by molar-refractivity contribution is -0.174. The number of nitrogens with one attached hydrogen (secondary N) is 1. The van der Waals surface area contributed by atoms with E-state index in [0.717, 1.165) is 0 Å². The van der Waals surface area contributed by atoms with Crippen LogP contribution in [0.3, 0.4) is 0 Å².